The smallest absolute Gasteiger partial charge is 0.122 e. The molecule has 1 N–H and O–H groups in total. The summed E-state index contributed by atoms with van der Waals surface area (Å²) in [6, 6.07) is 8.31. The highest BCUT2D eigenvalue weighted by atomic mass is 16.5. The normalized spacial score (nSPS) is 19.0. The zero-order valence-corrected chi connectivity index (χ0v) is 12.2. The van der Waals surface area contributed by atoms with Crippen molar-refractivity contribution in [2.24, 2.45) is 5.92 Å². The van der Waals surface area contributed by atoms with E-state index in [4.69, 9.17) is 4.74 Å². The number of rotatable bonds is 7. The molecule has 0 radical (unpaired) electrons. The molecule has 0 aliphatic carbocycles. The summed E-state index contributed by atoms with van der Waals surface area (Å²) in [7, 11) is 3.97. The van der Waals surface area contributed by atoms with Gasteiger partial charge >= 0.3 is 0 Å². The Morgan fingerprint density at radius 2 is 2.16 bits per heavy atom. The van der Waals surface area contributed by atoms with Crippen LogP contribution in [0.1, 0.15) is 18.4 Å². The molecule has 0 spiro atoms. The van der Waals surface area contributed by atoms with Crippen LogP contribution in [0.3, 0.4) is 0 Å². The lowest BCUT2D eigenvalue weighted by molar-refractivity contribution is 0.306. The van der Waals surface area contributed by atoms with E-state index in [0.717, 1.165) is 24.6 Å². The maximum absolute atomic E-state index is 5.39. The first kappa shape index (κ1) is 14.4. The zero-order valence-electron chi connectivity index (χ0n) is 12.2. The van der Waals surface area contributed by atoms with Crippen molar-refractivity contribution in [3.05, 3.63) is 29.8 Å². The van der Waals surface area contributed by atoms with Crippen molar-refractivity contribution in [2.45, 2.75) is 19.3 Å². The minimum atomic E-state index is 0.883. The number of para-hydroxylation sites is 1. The van der Waals surface area contributed by atoms with Crippen molar-refractivity contribution in [2.75, 3.05) is 40.3 Å². The van der Waals surface area contributed by atoms with Crippen LogP contribution in [0.25, 0.3) is 0 Å². The van der Waals surface area contributed by atoms with Crippen LogP contribution < -0.4 is 10.1 Å². The average Bonchev–Trinajstić information content (AvgIpc) is 2.96. The molecule has 19 heavy (non-hydrogen) atoms. The number of likely N-dealkylation sites (N-methyl/N-ethyl adjacent to an activating group) is 1. The second kappa shape index (κ2) is 7.51. The molecule has 1 unspecified atom stereocenters. The Labute approximate surface area is 116 Å². The first-order valence-corrected chi connectivity index (χ1v) is 7.30. The standard InChI is InChI=1S/C16H26N2O/c1-18(11-8-14-7-10-17-13-14)12-9-15-5-3-4-6-16(15)19-2/h3-6,14,17H,7-13H2,1-2H3. The van der Waals surface area contributed by atoms with Gasteiger partial charge in [-0.2, -0.15) is 0 Å². The summed E-state index contributed by atoms with van der Waals surface area (Å²) in [5.41, 5.74) is 1.30. The summed E-state index contributed by atoms with van der Waals surface area (Å²) in [6.07, 6.45) is 3.72. The van der Waals surface area contributed by atoms with E-state index in [9.17, 15) is 0 Å². The maximum Gasteiger partial charge on any atom is 0.122 e. The van der Waals surface area contributed by atoms with Crippen molar-refractivity contribution >= 4 is 0 Å². The van der Waals surface area contributed by atoms with Gasteiger partial charge in [0.25, 0.3) is 0 Å². The van der Waals surface area contributed by atoms with E-state index >= 15 is 0 Å². The summed E-state index contributed by atoms with van der Waals surface area (Å²) in [4.78, 5) is 2.44. The molecule has 1 saturated heterocycles. The highest BCUT2D eigenvalue weighted by molar-refractivity contribution is 5.33. The van der Waals surface area contributed by atoms with Gasteiger partial charge in [0.2, 0.25) is 0 Å². The molecule has 3 nitrogen and oxygen atoms in total. The van der Waals surface area contributed by atoms with Gasteiger partial charge in [0, 0.05) is 6.54 Å². The van der Waals surface area contributed by atoms with Gasteiger partial charge in [0.05, 0.1) is 7.11 Å². The lowest BCUT2D eigenvalue weighted by Crippen LogP contribution is -2.24. The molecule has 1 heterocycles. The van der Waals surface area contributed by atoms with Crippen molar-refractivity contribution in [3.8, 4) is 5.75 Å². The third-order valence-electron chi connectivity index (χ3n) is 4.04. The Bertz CT molecular complexity index is 375. The van der Waals surface area contributed by atoms with Crippen LogP contribution in [-0.2, 0) is 6.42 Å². The Morgan fingerprint density at radius 3 is 2.89 bits per heavy atom. The van der Waals surface area contributed by atoms with Crippen LogP contribution in [0, 0.1) is 5.92 Å². The van der Waals surface area contributed by atoms with Gasteiger partial charge in [0.1, 0.15) is 5.75 Å². The number of nitrogens with zero attached hydrogens (tertiary/aromatic N) is 1. The molecule has 1 atom stereocenters. The van der Waals surface area contributed by atoms with Gasteiger partial charge in [-0.25, -0.2) is 0 Å². The monoisotopic (exact) mass is 262 g/mol. The predicted octanol–water partition coefficient (Wildman–Crippen LogP) is 2.17. The summed E-state index contributed by atoms with van der Waals surface area (Å²) in [5, 5.41) is 3.43. The molecule has 0 aromatic heterocycles. The first-order chi connectivity index (χ1) is 9.29. The van der Waals surface area contributed by atoms with E-state index in [1.807, 2.05) is 12.1 Å². The fraction of sp³-hybridized carbons (Fsp3) is 0.625. The average molecular weight is 262 g/mol. The third kappa shape index (κ3) is 4.51. The predicted molar refractivity (Wildman–Crippen MR) is 79.8 cm³/mol. The summed E-state index contributed by atoms with van der Waals surface area (Å²) in [6.45, 7) is 4.71. The number of methoxy groups -OCH3 is 1. The Balaban J connectivity index is 1.71. The minimum absolute atomic E-state index is 0.883. The number of hydrogen-bond acceptors (Lipinski definition) is 3. The van der Waals surface area contributed by atoms with E-state index < -0.39 is 0 Å². The fourth-order valence-electron chi connectivity index (χ4n) is 2.70. The van der Waals surface area contributed by atoms with Crippen molar-refractivity contribution in [1.29, 1.82) is 0 Å². The van der Waals surface area contributed by atoms with Crippen LogP contribution in [-0.4, -0.2) is 45.2 Å². The highest BCUT2D eigenvalue weighted by Gasteiger charge is 2.14. The molecule has 106 valence electrons. The quantitative estimate of drug-likeness (QED) is 0.815. The largest absolute Gasteiger partial charge is 0.496 e. The van der Waals surface area contributed by atoms with Crippen LogP contribution in [0.2, 0.25) is 0 Å². The van der Waals surface area contributed by atoms with Gasteiger partial charge in [-0.1, -0.05) is 18.2 Å². The Morgan fingerprint density at radius 1 is 1.32 bits per heavy atom. The molecule has 1 aromatic rings. The number of nitrogens with one attached hydrogen (secondary N) is 1. The van der Waals surface area contributed by atoms with Crippen LogP contribution >= 0.6 is 0 Å². The summed E-state index contributed by atoms with van der Waals surface area (Å²) >= 11 is 0. The second-order valence-corrected chi connectivity index (χ2v) is 5.51. The highest BCUT2D eigenvalue weighted by Crippen LogP contribution is 2.18. The summed E-state index contributed by atoms with van der Waals surface area (Å²) in [5.74, 6) is 1.89. The molecule has 0 bridgehead atoms. The van der Waals surface area contributed by atoms with Crippen LogP contribution in [0.5, 0.6) is 5.75 Å². The molecule has 0 saturated carbocycles. The number of hydrogen-bond donors (Lipinski definition) is 1. The van der Waals surface area contributed by atoms with Crippen LogP contribution in [0.15, 0.2) is 24.3 Å². The van der Waals surface area contributed by atoms with Gasteiger partial charge in [-0.05, 0) is 63.5 Å². The van der Waals surface area contributed by atoms with Crippen LogP contribution in [0.4, 0.5) is 0 Å². The zero-order chi connectivity index (χ0) is 13.5. The van der Waals surface area contributed by atoms with Crippen molar-refractivity contribution in [3.63, 3.8) is 0 Å². The SMILES string of the molecule is COc1ccccc1CCN(C)CCC1CCNC1. The van der Waals surface area contributed by atoms with E-state index in [1.54, 1.807) is 7.11 Å². The van der Waals surface area contributed by atoms with E-state index in [-0.39, 0.29) is 0 Å². The van der Waals surface area contributed by atoms with Gasteiger partial charge in [-0.15, -0.1) is 0 Å². The molecule has 2 rings (SSSR count). The lowest BCUT2D eigenvalue weighted by atomic mass is 10.0. The van der Waals surface area contributed by atoms with E-state index in [1.165, 1.54) is 38.0 Å². The molecular weight excluding hydrogens is 236 g/mol. The van der Waals surface area contributed by atoms with Gasteiger partial charge < -0.3 is 15.0 Å². The fourth-order valence-corrected chi connectivity index (χ4v) is 2.70. The Hall–Kier alpha value is -1.06. The third-order valence-corrected chi connectivity index (χ3v) is 4.04. The topological polar surface area (TPSA) is 24.5 Å². The lowest BCUT2D eigenvalue weighted by Gasteiger charge is -2.19. The second-order valence-electron chi connectivity index (χ2n) is 5.51. The number of ether oxygens (including phenoxy) is 1. The van der Waals surface area contributed by atoms with E-state index in [2.05, 4.69) is 29.4 Å². The van der Waals surface area contributed by atoms with Gasteiger partial charge in [0.15, 0.2) is 0 Å². The van der Waals surface area contributed by atoms with Gasteiger partial charge in [-0.3, -0.25) is 0 Å². The maximum atomic E-state index is 5.39. The molecule has 1 aromatic carbocycles. The van der Waals surface area contributed by atoms with Crippen molar-refractivity contribution in [1.82, 2.24) is 10.2 Å². The molecule has 3 heteroatoms. The number of benzene rings is 1. The van der Waals surface area contributed by atoms with Crippen molar-refractivity contribution < 1.29 is 4.74 Å². The molecule has 1 aliphatic rings. The molecule has 1 aliphatic heterocycles. The molecule has 1 fully saturated rings. The molecular formula is C16H26N2O. The molecule has 0 amide bonds. The minimum Gasteiger partial charge on any atom is -0.496 e. The van der Waals surface area contributed by atoms with E-state index in [0.29, 0.717) is 0 Å². The Kier molecular flexibility index (Phi) is 5.67. The first-order valence-electron chi connectivity index (χ1n) is 7.30. The summed E-state index contributed by atoms with van der Waals surface area (Å²) < 4.78 is 5.39.